The predicted octanol–water partition coefficient (Wildman–Crippen LogP) is 3.86. The summed E-state index contributed by atoms with van der Waals surface area (Å²) in [6.45, 7) is 14.1. The molecule has 0 radical (unpaired) electrons. The van der Waals surface area contributed by atoms with Crippen molar-refractivity contribution in [3.8, 4) is 0 Å². The topological polar surface area (TPSA) is 24.9 Å². The van der Waals surface area contributed by atoms with E-state index >= 15 is 0 Å². The van der Waals surface area contributed by atoms with Crippen LogP contribution in [-0.2, 0) is 6.54 Å². The van der Waals surface area contributed by atoms with Gasteiger partial charge in [0.25, 0.3) is 0 Å². The zero-order valence-electron chi connectivity index (χ0n) is 11.8. The Labute approximate surface area is 110 Å². The van der Waals surface area contributed by atoms with Crippen molar-refractivity contribution < 1.29 is 0 Å². The molecule has 3 heteroatoms. The van der Waals surface area contributed by atoms with Crippen LogP contribution in [-0.4, -0.2) is 15.3 Å². The zero-order chi connectivity index (χ0) is 13.1. The molecule has 0 aromatic carbocycles. The lowest BCUT2D eigenvalue weighted by Crippen LogP contribution is -2.35. The van der Waals surface area contributed by atoms with Gasteiger partial charge in [-0.25, -0.2) is 4.98 Å². The number of hydrogen-bond acceptors (Lipinski definition) is 3. The van der Waals surface area contributed by atoms with Gasteiger partial charge in [-0.1, -0.05) is 26.8 Å². The van der Waals surface area contributed by atoms with Crippen molar-refractivity contribution in [2.45, 2.75) is 63.4 Å². The Balaban J connectivity index is 2.78. The van der Waals surface area contributed by atoms with Crippen LogP contribution in [0.25, 0.3) is 0 Å². The number of aromatic nitrogens is 1. The zero-order valence-corrected chi connectivity index (χ0v) is 12.6. The third-order valence-electron chi connectivity index (χ3n) is 2.06. The van der Waals surface area contributed by atoms with Gasteiger partial charge in [0.1, 0.15) is 5.03 Å². The molecule has 1 aromatic rings. The highest BCUT2D eigenvalue weighted by Gasteiger charge is 2.16. The Morgan fingerprint density at radius 2 is 1.82 bits per heavy atom. The van der Waals surface area contributed by atoms with Crippen LogP contribution in [0.4, 0.5) is 0 Å². The summed E-state index contributed by atoms with van der Waals surface area (Å²) < 4.78 is 0.199. The van der Waals surface area contributed by atoms with Gasteiger partial charge in [-0.2, -0.15) is 0 Å². The summed E-state index contributed by atoms with van der Waals surface area (Å²) in [4.78, 5) is 4.49. The van der Waals surface area contributed by atoms with Crippen molar-refractivity contribution in [3.63, 3.8) is 0 Å². The van der Waals surface area contributed by atoms with E-state index in [9.17, 15) is 0 Å². The average Bonchev–Trinajstić information content (AvgIpc) is 2.12. The highest BCUT2D eigenvalue weighted by atomic mass is 32.2. The van der Waals surface area contributed by atoms with E-state index in [4.69, 9.17) is 0 Å². The second-order valence-electron chi connectivity index (χ2n) is 6.29. The predicted molar refractivity (Wildman–Crippen MR) is 76.4 cm³/mol. The number of pyridine rings is 1. The highest BCUT2D eigenvalue weighted by Crippen LogP contribution is 2.32. The van der Waals surface area contributed by atoms with Gasteiger partial charge in [0.2, 0.25) is 0 Å². The Hall–Kier alpha value is -0.540. The summed E-state index contributed by atoms with van der Waals surface area (Å²) >= 11 is 1.83. The Morgan fingerprint density at radius 1 is 1.18 bits per heavy atom. The molecule has 1 N–H and O–H groups in total. The summed E-state index contributed by atoms with van der Waals surface area (Å²) in [7, 11) is 0. The Kier molecular flexibility index (Phi) is 4.62. The van der Waals surface area contributed by atoms with Crippen LogP contribution in [0.15, 0.2) is 23.4 Å². The van der Waals surface area contributed by atoms with Crippen molar-refractivity contribution in [1.29, 1.82) is 0 Å². The first-order valence-corrected chi connectivity index (χ1v) is 6.87. The van der Waals surface area contributed by atoms with Crippen molar-refractivity contribution >= 4 is 11.8 Å². The molecule has 0 bridgehead atoms. The lowest BCUT2D eigenvalue weighted by Gasteiger charge is -2.23. The fraction of sp³-hybridized carbons (Fsp3) is 0.643. The first-order valence-electron chi connectivity index (χ1n) is 6.05. The van der Waals surface area contributed by atoms with Gasteiger partial charge < -0.3 is 5.32 Å². The van der Waals surface area contributed by atoms with Crippen LogP contribution < -0.4 is 5.32 Å². The second-order valence-corrected chi connectivity index (χ2v) is 8.10. The normalized spacial score (nSPS) is 12.8. The minimum absolute atomic E-state index is 0.138. The van der Waals surface area contributed by atoms with Crippen molar-refractivity contribution in [2.75, 3.05) is 0 Å². The molecule has 1 heterocycles. The van der Waals surface area contributed by atoms with E-state index in [0.29, 0.717) is 0 Å². The van der Waals surface area contributed by atoms with Gasteiger partial charge >= 0.3 is 0 Å². The molecule has 0 spiro atoms. The lowest BCUT2D eigenvalue weighted by molar-refractivity contribution is 0.422. The van der Waals surface area contributed by atoms with E-state index in [0.717, 1.165) is 11.6 Å². The van der Waals surface area contributed by atoms with Crippen LogP contribution in [0, 0.1) is 0 Å². The van der Waals surface area contributed by atoms with E-state index in [1.165, 1.54) is 5.56 Å². The van der Waals surface area contributed by atoms with E-state index < -0.39 is 0 Å². The number of nitrogens with zero attached hydrogens (tertiary/aromatic N) is 1. The van der Waals surface area contributed by atoms with Crippen LogP contribution in [0.3, 0.4) is 0 Å². The molecule has 1 aromatic heterocycles. The van der Waals surface area contributed by atoms with Crippen LogP contribution in [0.1, 0.15) is 47.1 Å². The molecular formula is C14H24N2S. The van der Waals surface area contributed by atoms with Gasteiger partial charge in [-0.15, -0.1) is 11.8 Å². The Morgan fingerprint density at radius 3 is 2.35 bits per heavy atom. The van der Waals surface area contributed by atoms with Crippen molar-refractivity contribution in [2.24, 2.45) is 0 Å². The molecule has 0 fully saturated rings. The van der Waals surface area contributed by atoms with Crippen LogP contribution in [0.2, 0.25) is 0 Å². The molecule has 0 aliphatic carbocycles. The second kappa shape index (κ2) is 5.40. The molecule has 2 nitrogen and oxygen atoms in total. The fourth-order valence-corrected chi connectivity index (χ4v) is 2.27. The maximum absolute atomic E-state index is 4.49. The van der Waals surface area contributed by atoms with E-state index in [2.05, 4.69) is 57.9 Å². The fourth-order valence-electron chi connectivity index (χ4n) is 1.30. The molecule has 96 valence electrons. The quantitative estimate of drug-likeness (QED) is 0.827. The third-order valence-corrected chi connectivity index (χ3v) is 3.24. The molecule has 17 heavy (non-hydrogen) atoms. The molecule has 0 aliphatic rings. The van der Waals surface area contributed by atoms with Gasteiger partial charge in [0.05, 0.1) is 0 Å². The van der Waals surface area contributed by atoms with E-state index in [-0.39, 0.29) is 10.3 Å². The molecule has 0 aliphatic heterocycles. The average molecular weight is 252 g/mol. The van der Waals surface area contributed by atoms with E-state index in [1.807, 2.05) is 24.0 Å². The van der Waals surface area contributed by atoms with E-state index in [1.54, 1.807) is 0 Å². The molecule has 0 atom stereocenters. The largest absolute Gasteiger partial charge is 0.308 e. The molecule has 0 saturated heterocycles. The summed E-state index contributed by atoms with van der Waals surface area (Å²) in [5.74, 6) is 0. The number of thioether (sulfide) groups is 1. The maximum Gasteiger partial charge on any atom is 0.101 e. The highest BCUT2D eigenvalue weighted by molar-refractivity contribution is 8.00. The Bertz CT molecular complexity index is 361. The van der Waals surface area contributed by atoms with Crippen molar-refractivity contribution in [1.82, 2.24) is 10.3 Å². The maximum atomic E-state index is 4.49. The molecular weight excluding hydrogens is 228 g/mol. The summed E-state index contributed by atoms with van der Waals surface area (Å²) in [6, 6.07) is 4.16. The smallest absolute Gasteiger partial charge is 0.101 e. The van der Waals surface area contributed by atoms with Gasteiger partial charge in [-0.3, -0.25) is 0 Å². The lowest BCUT2D eigenvalue weighted by atomic mass is 10.1. The number of nitrogens with one attached hydrogen (secondary N) is 1. The summed E-state index contributed by atoms with van der Waals surface area (Å²) in [5.41, 5.74) is 1.42. The van der Waals surface area contributed by atoms with Crippen LogP contribution in [0.5, 0.6) is 0 Å². The molecule has 1 rings (SSSR count). The van der Waals surface area contributed by atoms with Gasteiger partial charge in [0.15, 0.2) is 0 Å². The summed E-state index contributed by atoms with van der Waals surface area (Å²) in [5, 5.41) is 4.65. The van der Waals surface area contributed by atoms with Gasteiger partial charge in [0, 0.05) is 23.0 Å². The SMILES string of the molecule is CC(C)(C)NCc1cccnc1SC(C)(C)C. The summed E-state index contributed by atoms with van der Waals surface area (Å²) in [6.07, 6.45) is 1.87. The van der Waals surface area contributed by atoms with Gasteiger partial charge in [-0.05, 0) is 32.4 Å². The molecule has 0 unspecified atom stereocenters. The molecule has 0 saturated carbocycles. The third kappa shape index (κ3) is 6.08. The standard InChI is InChI=1S/C14H24N2S/c1-13(2,3)16-10-11-8-7-9-15-12(11)17-14(4,5)6/h7-9,16H,10H2,1-6H3. The monoisotopic (exact) mass is 252 g/mol. The van der Waals surface area contributed by atoms with Crippen LogP contribution >= 0.6 is 11.8 Å². The minimum atomic E-state index is 0.138. The molecule has 0 amide bonds. The number of hydrogen-bond donors (Lipinski definition) is 1. The minimum Gasteiger partial charge on any atom is -0.308 e. The first kappa shape index (κ1) is 14.5. The van der Waals surface area contributed by atoms with Crippen molar-refractivity contribution in [3.05, 3.63) is 23.9 Å². The number of rotatable bonds is 3. The first-order chi connectivity index (χ1) is 7.67.